The number of halogens is 1. The molecule has 0 amide bonds. The summed E-state index contributed by atoms with van der Waals surface area (Å²) in [6.45, 7) is 6.10. The molecule has 0 fully saturated rings. The normalized spacial score (nSPS) is 12.1. The van der Waals surface area contributed by atoms with Crippen molar-refractivity contribution < 1.29 is 4.92 Å². The molecular weight excluding hydrogens is 240 g/mol. The van der Waals surface area contributed by atoms with E-state index in [9.17, 15) is 10.1 Å². The van der Waals surface area contributed by atoms with Crippen molar-refractivity contribution in [2.45, 2.75) is 25.9 Å². The van der Waals surface area contributed by atoms with Gasteiger partial charge in [0.2, 0.25) is 0 Å². The topological polar surface area (TPSA) is 55.2 Å². The number of nitro groups is 1. The van der Waals surface area contributed by atoms with Crippen LogP contribution in [0.2, 0.25) is 5.02 Å². The number of nitro benzene ring substituents is 1. The number of hydrogen-bond acceptors (Lipinski definition) is 3. The van der Waals surface area contributed by atoms with Gasteiger partial charge < -0.3 is 5.32 Å². The third-order valence-electron chi connectivity index (χ3n) is 2.41. The molecule has 0 bridgehead atoms. The van der Waals surface area contributed by atoms with Crippen molar-refractivity contribution in [2.75, 3.05) is 0 Å². The van der Waals surface area contributed by atoms with E-state index in [0.717, 1.165) is 6.42 Å². The number of rotatable bonds is 6. The fourth-order valence-electron chi connectivity index (χ4n) is 1.47. The van der Waals surface area contributed by atoms with Gasteiger partial charge in [-0.2, -0.15) is 0 Å². The summed E-state index contributed by atoms with van der Waals surface area (Å²) in [6, 6.07) is 4.94. The maximum atomic E-state index is 10.8. The Labute approximate surface area is 105 Å². The maximum absolute atomic E-state index is 10.8. The van der Waals surface area contributed by atoms with Gasteiger partial charge in [-0.25, -0.2) is 0 Å². The molecule has 0 aliphatic heterocycles. The highest BCUT2D eigenvalue weighted by Crippen LogP contribution is 2.23. The van der Waals surface area contributed by atoms with Crippen LogP contribution in [0.25, 0.3) is 0 Å². The molecule has 0 spiro atoms. The first-order chi connectivity index (χ1) is 8.04. The van der Waals surface area contributed by atoms with E-state index in [2.05, 4.69) is 11.9 Å². The summed E-state index contributed by atoms with van der Waals surface area (Å²) in [4.78, 5) is 10.4. The zero-order valence-corrected chi connectivity index (χ0v) is 10.4. The van der Waals surface area contributed by atoms with Crippen molar-refractivity contribution >= 4 is 17.3 Å². The molecule has 1 aromatic carbocycles. The van der Waals surface area contributed by atoms with Crippen molar-refractivity contribution in [1.82, 2.24) is 5.32 Å². The van der Waals surface area contributed by atoms with Crippen LogP contribution in [0.15, 0.2) is 30.9 Å². The van der Waals surface area contributed by atoms with Gasteiger partial charge in [0.05, 0.1) is 4.92 Å². The Balaban J connectivity index is 2.76. The van der Waals surface area contributed by atoms with Crippen LogP contribution in [-0.4, -0.2) is 11.0 Å². The number of nitrogens with one attached hydrogen (secondary N) is 1. The molecule has 0 radical (unpaired) electrons. The standard InChI is InChI=1S/C12H15ClN2O2/c1-3-4-9(2)14-8-10-5-6-11(13)7-12(10)15(16)17/h3,5-7,9,14H,1,4,8H2,2H3. The Morgan fingerprint density at radius 3 is 2.94 bits per heavy atom. The van der Waals surface area contributed by atoms with Crippen LogP contribution in [0.5, 0.6) is 0 Å². The van der Waals surface area contributed by atoms with E-state index in [0.29, 0.717) is 17.1 Å². The molecule has 1 atom stereocenters. The minimum absolute atomic E-state index is 0.0517. The lowest BCUT2D eigenvalue weighted by Gasteiger charge is -2.11. The molecule has 1 aromatic rings. The Bertz CT molecular complexity index is 421. The lowest BCUT2D eigenvalue weighted by atomic mass is 10.1. The predicted molar refractivity (Wildman–Crippen MR) is 69.2 cm³/mol. The van der Waals surface area contributed by atoms with E-state index in [4.69, 9.17) is 11.6 Å². The van der Waals surface area contributed by atoms with E-state index in [1.807, 2.05) is 13.0 Å². The Hall–Kier alpha value is -1.39. The highest BCUT2D eigenvalue weighted by Gasteiger charge is 2.14. The van der Waals surface area contributed by atoms with Gasteiger partial charge in [0.15, 0.2) is 0 Å². The van der Waals surface area contributed by atoms with E-state index in [-0.39, 0.29) is 11.7 Å². The zero-order valence-electron chi connectivity index (χ0n) is 9.65. The van der Waals surface area contributed by atoms with Crippen LogP contribution >= 0.6 is 11.6 Å². The summed E-state index contributed by atoms with van der Waals surface area (Å²) in [5.41, 5.74) is 0.686. The molecule has 17 heavy (non-hydrogen) atoms. The SMILES string of the molecule is C=CCC(C)NCc1ccc(Cl)cc1[N+](=O)[O-]. The minimum Gasteiger partial charge on any atom is -0.310 e. The lowest BCUT2D eigenvalue weighted by Crippen LogP contribution is -2.25. The second kappa shape index (κ2) is 6.37. The van der Waals surface area contributed by atoms with Crippen molar-refractivity contribution in [3.05, 3.63) is 51.6 Å². The summed E-state index contributed by atoms with van der Waals surface area (Å²) >= 11 is 5.74. The van der Waals surface area contributed by atoms with Crippen molar-refractivity contribution in [3.63, 3.8) is 0 Å². The summed E-state index contributed by atoms with van der Waals surface area (Å²) in [7, 11) is 0. The van der Waals surface area contributed by atoms with E-state index >= 15 is 0 Å². The van der Waals surface area contributed by atoms with Gasteiger partial charge in [-0.15, -0.1) is 6.58 Å². The van der Waals surface area contributed by atoms with E-state index in [1.165, 1.54) is 6.07 Å². The molecule has 0 heterocycles. The molecule has 4 nitrogen and oxygen atoms in total. The van der Waals surface area contributed by atoms with Crippen LogP contribution < -0.4 is 5.32 Å². The fourth-order valence-corrected chi connectivity index (χ4v) is 1.64. The van der Waals surface area contributed by atoms with Gasteiger partial charge in [0.25, 0.3) is 5.69 Å². The smallest absolute Gasteiger partial charge is 0.275 e. The summed E-state index contributed by atoms with van der Waals surface area (Å²) in [6.07, 6.45) is 2.63. The molecule has 0 aliphatic carbocycles. The molecule has 0 aromatic heterocycles. The third-order valence-corrected chi connectivity index (χ3v) is 2.64. The van der Waals surface area contributed by atoms with Crippen molar-refractivity contribution in [2.24, 2.45) is 0 Å². The first-order valence-corrected chi connectivity index (χ1v) is 5.69. The third kappa shape index (κ3) is 4.17. The Morgan fingerprint density at radius 1 is 1.65 bits per heavy atom. The molecule has 5 heteroatoms. The van der Waals surface area contributed by atoms with Crippen LogP contribution in [0.3, 0.4) is 0 Å². The summed E-state index contributed by atoms with van der Waals surface area (Å²) in [5.74, 6) is 0. The predicted octanol–water partition coefficient (Wildman–Crippen LogP) is 3.30. The minimum atomic E-state index is -0.416. The second-order valence-corrected chi connectivity index (χ2v) is 4.27. The van der Waals surface area contributed by atoms with Gasteiger partial charge in [-0.1, -0.05) is 17.7 Å². The first-order valence-electron chi connectivity index (χ1n) is 5.31. The van der Waals surface area contributed by atoms with Crippen molar-refractivity contribution in [3.8, 4) is 0 Å². The fraction of sp³-hybridized carbons (Fsp3) is 0.333. The van der Waals surface area contributed by atoms with Gasteiger partial charge in [0.1, 0.15) is 0 Å². The molecule has 0 saturated carbocycles. The van der Waals surface area contributed by atoms with Crippen LogP contribution in [0.4, 0.5) is 5.69 Å². The van der Waals surface area contributed by atoms with Gasteiger partial charge in [-0.05, 0) is 25.5 Å². The number of benzene rings is 1. The van der Waals surface area contributed by atoms with Gasteiger partial charge in [0, 0.05) is 29.2 Å². The zero-order chi connectivity index (χ0) is 12.8. The number of hydrogen-bond donors (Lipinski definition) is 1. The van der Waals surface area contributed by atoms with Crippen LogP contribution in [0.1, 0.15) is 18.9 Å². The summed E-state index contributed by atoms with van der Waals surface area (Å²) in [5, 5.41) is 14.4. The Kier molecular flexibility index (Phi) is 5.12. The molecular formula is C12H15ClN2O2. The molecule has 92 valence electrons. The molecule has 0 aliphatic rings. The van der Waals surface area contributed by atoms with Gasteiger partial charge in [-0.3, -0.25) is 10.1 Å². The average Bonchev–Trinajstić information content (AvgIpc) is 2.27. The largest absolute Gasteiger partial charge is 0.310 e. The van der Waals surface area contributed by atoms with Gasteiger partial charge >= 0.3 is 0 Å². The molecule has 1 N–H and O–H groups in total. The van der Waals surface area contributed by atoms with E-state index in [1.54, 1.807) is 12.1 Å². The summed E-state index contributed by atoms with van der Waals surface area (Å²) < 4.78 is 0. The van der Waals surface area contributed by atoms with E-state index < -0.39 is 4.92 Å². The molecule has 1 unspecified atom stereocenters. The van der Waals surface area contributed by atoms with Crippen molar-refractivity contribution in [1.29, 1.82) is 0 Å². The van der Waals surface area contributed by atoms with Crippen LogP contribution in [0, 0.1) is 10.1 Å². The first kappa shape index (κ1) is 13.7. The monoisotopic (exact) mass is 254 g/mol. The Morgan fingerprint density at radius 2 is 2.35 bits per heavy atom. The highest BCUT2D eigenvalue weighted by molar-refractivity contribution is 6.30. The number of nitrogens with zero attached hydrogens (tertiary/aromatic N) is 1. The van der Waals surface area contributed by atoms with Crippen LogP contribution in [-0.2, 0) is 6.54 Å². The molecule has 1 rings (SSSR count). The maximum Gasteiger partial charge on any atom is 0.275 e. The highest BCUT2D eigenvalue weighted by atomic mass is 35.5. The molecule has 0 saturated heterocycles. The second-order valence-electron chi connectivity index (χ2n) is 3.84. The average molecular weight is 255 g/mol. The quantitative estimate of drug-likeness (QED) is 0.481. The lowest BCUT2D eigenvalue weighted by molar-refractivity contribution is -0.385.